The lowest BCUT2D eigenvalue weighted by Gasteiger charge is -2.09. The average molecular weight is 333 g/mol. The number of fused-ring (bicyclic) bond motifs is 1. The number of benzene rings is 1. The van der Waals surface area contributed by atoms with Crippen molar-refractivity contribution < 1.29 is 17.6 Å². The minimum absolute atomic E-state index is 0.268. The van der Waals surface area contributed by atoms with E-state index in [-0.39, 0.29) is 16.5 Å². The first-order valence-corrected chi connectivity index (χ1v) is 6.58. The average Bonchev–Trinajstić information content (AvgIpc) is 3.04. The minimum atomic E-state index is -4.65. The topological polar surface area (TPSA) is 46.5 Å². The Labute approximate surface area is 126 Å². The van der Waals surface area contributed by atoms with E-state index in [9.17, 15) is 17.6 Å². The van der Waals surface area contributed by atoms with Crippen LogP contribution in [0.1, 0.15) is 24.6 Å². The first kappa shape index (κ1) is 14.8. The molecule has 2 heterocycles. The van der Waals surface area contributed by atoms with Crippen LogP contribution in [0.5, 0.6) is 0 Å². The maximum atomic E-state index is 13.6. The highest BCUT2D eigenvalue weighted by Gasteiger charge is 2.35. The summed E-state index contributed by atoms with van der Waals surface area (Å²) in [7, 11) is 0. The Bertz CT molecular complexity index is 834. The van der Waals surface area contributed by atoms with E-state index in [1.807, 2.05) is 0 Å². The van der Waals surface area contributed by atoms with Crippen molar-refractivity contribution in [3.63, 3.8) is 0 Å². The van der Waals surface area contributed by atoms with E-state index in [1.165, 1.54) is 12.3 Å². The number of imidazole rings is 1. The van der Waals surface area contributed by atoms with Gasteiger partial charge in [0.2, 0.25) is 0 Å². The van der Waals surface area contributed by atoms with Crippen LogP contribution in [0.2, 0.25) is 5.02 Å². The van der Waals surface area contributed by atoms with Gasteiger partial charge in [-0.3, -0.25) is 5.10 Å². The number of H-pyrrole nitrogens is 1. The fourth-order valence-electron chi connectivity index (χ4n) is 2.16. The SMILES string of the molecule is C[C@H](F)c1nc(C(F)(F)F)cn1-c1cc(Cl)c2[nH]ncc2c1. The van der Waals surface area contributed by atoms with Crippen molar-refractivity contribution in [2.45, 2.75) is 19.3 Å². The van der Waals surface area contributed by atoms with Crippen molar-refractivity contribution in [1.29, 1.82) is 0 Å². The largest absolute Gasteiger partial charge is 0.434 e. The number of nitrogens with one attached hydrogen (secondary N) is 1. The summed E-state index contributed by atoms with van der Waals surface area (Å²) < 4.78 is 53.1. The lowest BCUT2D eigenvalue weighted by Crippen LogP contribution is -2.05. The van der Waals surface area contributed by atoms with Gasteiger partial charge in [0.25, 0.3) is 0 Å². The van der Waals surface area contributed by atoms with Crippen LogP contribution in [0.4, 0.5) is 17.6 Å². The van der Waals surface area contributed by atoms with Crippen LogP contribution >= 0.6 is 11.6 Å². The van der Waals surface area contributed by atoms with Gasteiger partial charge >= 0.3 is 6.18 Å². The molecule has 1 atom stereocenters. The van der Waals surface area contributed by atoms with E-state index in [2.05, 4.69) is 15.2 Å². The van der Waals surface area contributed by atoms with E-state index < -0.39 is 18.0 Å². The number of rotatable bonds is 2. The fraction of sp³-hybridized carbons (Fsp3) is 0.231. The molecule has 0 spiro atoms. The highest BCUT2D eigenvalue weighted by atomic mass is 35.5. The zero-order valence-electron chi connectivity index (χ0n) is 11.1. The van der Waals surface area contributed by atoms with E-state index >= 15 is 0 Å². The van der Waals surface area contributed by atoms with Gasteiger partial charge in [-0.2, -0.15) is 18.3 Å². The third-order valence-corrected chi connectivity index (χ3v) is 3.44. The van der Waals surface area contributed by atoms with Gasteiger partial charge in [0.1, 0.15) is 5.82 Å². The molecule has 4 nitrogen and oxygen atoms in total. The second kappa shape index (κ2) is 4.98. The molecule has 1 N–H and O–H groups in total. The van der Waals surface area contributed by atoms with Crippen molar-refractivity contribution >= 4 is 22.5 Å². The molecule has 0 fully saturated rings. The molecule has 0 saturated heterocycles. The highest BCUT2D eigenvalue weighted by molar-refractivity contribution is 6.35. The number of hydrogen-bond acceptors (Lipinski definition) is 2. The molecule has 22 heavy (non-hydrogen) atoms. The smallest absolute Gasteiger partial charge is 0.301 e. The summed E-state index contributed by atoms with van der Waals surface area (Å²) in [5.74, 6) is -0.341. The van der Waals surface area contributed by atoms with Crippen LogP contribution in [0, 0.1) is 0 Å². The summed E-state index contributed by atoms with van der Waals surface area (Å²) in [5.41, 5.74) is -0.326. The predicted octanol–water partition coefficient (Wildman–Crippen LogP) is 4.45. The standard InChI is InChI=1S/C13H9ClF4N4/c1-6(15)12-20-10(13(16,17)18)5-22(12)8-2-7-4-19-21-11(7)9(14)3-8/h2-6H,1H3,(H,19,21)/t6-/m0/s1. The van der Waals surface area contributed by atoms with Gasteiger partial charge in [0, 0.05) is 17.3 Å². The Morgan fingerprint density at radius 3 is 2.68 bits per heavy atom. The lowest BCUT2D eigenvalue weighted by molar-refractivity contribution is -0.141. The predicted molar refractivity (Wildman–Crippen MR) is 72.8 cm³/mol. The van der Waals surface area contributed by atoms with Crippen LogP contribution in [-0.2, 0) is 6.18 Å². The molecule has 0 aliphatic rings. The molecule has 3 rings (SSSR count). The molecule has 0 amide bonds. The monoisotopic (exact) mass is 332 g/mol. The summed E-state index contributed by atoms with van der Waals surface area (Å²) in [6.07, 6.45) is -4.10. The Morgan fingerprint density at radius 1 is 1.32 bits per heavy atom. The van der Waals surface area contributed by atoms with E-state index in [0.29, 0.717) is 10.9 Å². The summed E-state index contributed by atoms with van der Waals surface area (Å²) in [6, 6.07) is 2.98. The van der Waals surface area contributed by atoms with Gasteiger partial charge in [0.05, 0.1) is 16.7 Å². The quantitative estimate of drug-likeness (QED) is 0.705. The Hall–Kier alpha value is -2.09. The van der Waals surface area contributed by atoms with E-state index in [4.69, 9.17) is 11.6 Å². The third kappa shape index (κ3) is 2.43. The van der Waals surface area contributed by atoms with Crippen molar-refractivity contribution in [2.24, 2.45) is 0 Å². The Kier molecular flexibility index (Phi) is 3.36. The third-order valence-electron chi connectivity index (χ3n) is 3.14. The summed E-state index contributed by atoms with van der Waals surface area (Å²) in [5, 5.41) is 7.35. The number of halogens is 5. The molecule has 0 saturated carbocycles. The minimum Gasteiger partial charge on any atom is -0.301 e. The van der Waals surface area contributed by atoms with Gasteiger partial charge in [-0.25, -0.2) is 9.37 Å². The maximum absolute atomic E-state index is 13.6. The second-order valence-corrected chi connectivity index (χ2v) is 5.14. The maximum Gasteiger partial charge on any atom is 0.434 e. The zero-order valence-corrected chi connectivity index (χ0v) is 11.9. The lowest BCUT2D eigenvalue weighted by atomic mass is 10.2. The molecule has 3 aromatic rings. The molecule has 9 heteroatoms. The molecule has 2 aromatic heterocycles. The summed E-state index contributed by atoms with van der Waals surface area (Å²) in [4.78, 5) is 3.35. The van der Waals surface area contributed by atoms with Crippen molar-refractivity contribution in [1.82, 2.24) is 19.7 Å². The molecular weight excluding hydrogens is 324 g/mol. The van der Waals surface area contributed by atoms with Crippen LogP contribution < -0.4 is 0 Å². The highest BCUT2D eigenvalue weighted by Crippen LogP contribution is 2.33. The molecular formula is C13H9ClF4N4. The normalized spacial score (nSPS) is 13.7. The first-order valence-electron chi connectivity index (χ1n) is 6.21. The molecule has 0 aliphatic carbocycles. The number of aromatic nitrogens is 4. The van der Waals surface area contributed by atoms with E-state index in [0.717, 1.165) is 17.7 Å². The van der Waals surface area contributed by atoms with Gasteiger partial charge in [-0.1, -0.05) is 11.6 Å². The Balaban J connectivity index is 2.22. The summed E-state index contributed by atoms with van der Waals surface area (Å²) >= 11 is 6.06. The number of alkyl halides is 4. The molecule has 0 radical (unpaired) electrons. The number of aromatic amines is 1. The van der Waals surface area contributed by atoms with Crippen LogP contribution in [0.3, 0.4) is 0 Å². The molecule has 0 aliphatic heterocycles. The number of hydrogen-bond donors (Lipinski definition) is 1. The fourth-order valence-corrected chi connectivity index (χ4v) is 2.42. The number of nitrogens with zero attached hydrogens (tertiary/aromatic N) is 3. The van der Waals surface area contributed by atoms with Gasteiger partial charge < -0.3 is 4.57 Å². The van der Waals surface area contributed by atoms with Gasteiger partial charge in [-0.05, 0) is 19.1 Å². The Morgan fingerprint density at radius 2 is 2.05 bits per heavy atom. The van der Waals surface area contributed by atoms with Crippen molar-refractivity contribution in [3.05, 3.63) is 41.1 Å². The van der Waals surface area contributed by atoms with Crippen molar-refractivity contribution in [2.75, 3.05) is 0 Å². The molecule has 0 bridgehead atoms. The zero-order chi connectivity index (χ0) is 16.1. The van der Waals surface area contributed by atoms with Crippen LogP contribution in [0.25, 0.3) is 16.6 Å². The van der Waals surface area contributed by atoms with Crippen LogP contribution in [-0.4, -0.2) is 19.7 Å². The first-order chi connectivity index (χ1) is 10.3. The second-order valence-electron chi connectivity index (χ2n) is 4.73. The molecule has 1 aromatic carbocycles. The molecule has 116 valence electrons. The summed E-state index contributed by atoms with van der Waals surface area (Å²) in [6.45, 7) is 1.12. The van der Waals surface area contributed by atoms with Crippen LogP contribution in [0.15, 0.2) is 24.5 Å². The van der Waals surface area contributed by atoms with Gasteiger partial charge in [0.15, 0.2) is 11.9 Å². The van der Waals surface area contributed by atoms with Crippen molar-refractivity contribution in [3.8, 4) is 5.69 Å². The van der Waals surface area contributed by atoms with Gasteiger partial charge in [-0.15, -0.1) is 0 Å². The molecule has 0 unspecified atom stereocenters. The van der Waals surface area contributed by atoms with E-state index in [1.54, 1.807) is 6.07 Å².